The maximum absolute atomic E-state index is 10.5. The Hall–Kier alpha value is -0.340. The standard InChI is InChI=1S/C19H30O2/c1-18-9-7-13(20)11-12(18)3-4-14-15-5-6-17(21)19(15,2)10-8-16(14)18/h7,9,12-17,20-21H,3-6,8,10-11H2,1-2H3/t12?,13-,14-,15-,16-,17?,18-,19-/m0/s1. The fourth-order valence-corrected chi connectivity index (χ4v) is 6.76. The molecule has 0 bridgehead atoms. The van der Waals surface area contributed by atoms with Crippen molar-refractivity contribution < 1.29 is 10.2 Å². The predicted molar refractivity (Wildman–Crippen MR) is 83.6 cm³/mol. The predicted octanol–water partition coefficient (Wildman–Crippen LogP) is 3.53. The Balaban J connectivity index is 1.67. The third kappa shape index (κ3) is 1.84. The molecule has 21 heavy (non-hydrogen) atoms. The molecule has 4 aliphatic rings. The SMILES string of the molecule is C[C@]12C=C[C@H](O)CC1CC[C@@H]1[C@@H]2CC[C@]2(C)C(O)CC[C@@H]12. The van der Waals surface area contributed by atoms with Crippen LogP contribution in [0.5, 0.6) is 0 Å². The number of allylic oxidation sites excluding steroid dienone is 1. The second kappa shape index (κ2) is 4.58. The van der Waals surface area contributed by atoms with Gasteiger partial charge in [0, 0.05) is 0 Å². The molecule has 3 saturated carbocycles. The molecule has 2 N–H and O–H groups in total. The smallest absolute Gasteiger partial charge is 0.0724 e. The van der Waals surface area contributed by atoms with Gasteiger partial charge < -0.3 is 10.2 Å². The molecule has 4 aliphatic carbocycles. The lowest BCUT2D eigenvalue weighted by atomic mass is 9.46. The maximum atomic E-state index is 10.5. The molecule has 3 fully saturated rings. The van der Waals surface area contributed by atoms with E-state index in [1.807, 2.05) is 0 Å². The quantitative estimate of drug-likeness (QED) is 0.670. The van der Waals surface area contributed by atoms with Crippen LogP contribution in [0.15, 0.2) is 12.2 Å². The van der Waals surface area contributed by atoms with Gasteiger partial charge in [-0.15, -0.1) is 0 Å². The summed E-state index contributed by atoms with van der Waals surface area (Å²) >= 11 is 0. The highest BCUT2D eigenvalue weighted by Crippen LogP contribution is 2.65. The van der Waals surface area contributed by atoms with Crippen molar-refractivity contribution in [3.63, 3.8) is 0 Å². The average Bonchev–Trinajstić information content (AvgIpc) is 2.76. The lowest BCUT2D eigenvalue weighted by Crippen LogP contribution is -2.53. The average molecular weight is 290 g/mol. The van der Waals surface area contributed by atoms with Crippen molar-refractivity contribution in [3.8, 4) is 0 Å². The van der Waals surface area contributed by atoms with Crippen LogP contribution in [0, 0.1) is 34.5 Å². The first kappa shape index (κ1) is 14.3. The van der Waals surface area contributed by atoms with Crippen LogP contribution in [0.2, 0.25) is 0 Å². The molecular weight excluding hydrogens is 260 g/mol. The van der Waals surface area contributed by atoms with Crippen molar-refractivity contribution in [2.45, 2.75) is 71.0 Å². The Labute approximate surface area is 128 Å². The maximum Gasteiger partial charge on any atom is 0.0724 e. The van der Waals surface area contributed by atoms with Crippen molar-refractivity contribution in [2.24, 2.45) is 34.5 Å². The molecule has 0 aromatic carbocycles. The van der Waals surface area contributed by atoms with Gasteiger partial charge in [-0.2, -0.15) is 0 Å². The van der Waals surface area contributed by atoms with Gasteiger partial charge in [0.05, 0.1) is 12.2 Å². The molecule has 0 amide bonds. The van der Waals surface area contributed by atoms with Crippen LogP contribution < -0.4 is 0 Å². The van der Waals surface area contributed by atoms with Crippen LogP contribution in [0.3, 0.4) is 0 Å². The van der Waals surface area contributed by atoms with E-state index in [1.165, 1.54) is 32.1 Å². The second-order valence-electron chi connectivity index (χ2n) is 8.82. The van der Waals surface area contributed by atoms with Crippen LogP contribution in [0.4, 0.5) is 0 Å². The van der Waals surface area contributed by atoms with E-state index in [4.69, 9.17) is 0 Å². The van der Waals surface area contributed by atoms with Gasteiger partial charge in [-0.3, -0.25) is 0 Å². The van der Waals surface area contributed by atoms with Crippen LogP contribution in [-0.2, 0) is 0 Å². The van der Waals surface area contributed by atoms with E-state index in [9.17, 15) is 10.2 Å². The van der Waals surface area contributed by atoms with Crippen LogP contribution in [0.25, 0.3) is 0 Å². The number of aliphatic hydroxyl groups is 2. The summed E-state index contributed by atoms with van der Waals surface area (Å²) in [5.74, 6) is 2.95. The molecule has 8 atom stereocenters. The molecule has 0 spiro atoms. The molecule has 2 heteroatoms. The first-order chi connectivity index (χ1) is 9.95. The summed E-state index contributed by atoms with van der Waals surface area (Å²) in [6, 6.07) is 0. The number of hydrogen-bond acceptors (Lipinski definition) is 2. The molecule has 0 saturated heterocycles. The summed E-state index contributed by atoms with van der Waals surface area (Å²) in [4.78, 5) is 0. The van der Waals surface area contributed by atoms with Gasteiger partial charge in [0.1, 0.15) is 0 Å². The van der Waals surface area contributed by atoms with E-state index in [0.717, 1.165) is 30.6 Å². The third-order valence-electron chi connectivity index (χ3n) is 8.12. The van der Waals surface area contributed by atoms with E-state index in [-0.39, 0.29) is 23.0 Å². The van der Waals surface area contributed by atoms with Crippen molar-refractivity contribution in [1.29, 1.82) is 0 Å². The minimum absolute atomic E-state index is 0.0716. The zero-order chi connectivity index (χ0) is 14.8. The van der Waals surface area contributed by atoms with E-state index < -0.39 is 0 Å². The Kier molecular flexibility index (Phi) is 3.11. The lowest BCUT2D eigenvalue weighted by Gasteiger charge is -2.59. The number of aliphatic hydroxyl groups excluding tert-OH is 2. The van der Waals surface area contributed by atoms with E-state index in [0.29, 0.717) is 5.92 Å². The Morgan fingerprint density at radius 3 is 2.57 bits per heavy atom. The molecule has 2 unspecified atom stereocenters. The highest BCUT2D eigenvalue weighted by Gasteiger charge is 2.59. The largest absolute Gasteiger partial charge is 0.393 e. The van der Waals surface area contributed by atoms with Gasteiger partial charge in [-0.25, -0.2) is 0 Å². The lowest BCUT2D eigenvalue weighted by molar-refractivity contribution is -0.0994. The van der Waals surface area contributed by atoms with Crippen molar-refractivity contribution >= 4 is 0 Å². The molecule has 118 valence electrons. The summed E-state index contributed by atoms with van der Waals surface area (Å²) in [5.41, 5.74) is 0.472. The molecule has 0 heterocycles. The van der Waals surface area contributed by atoms with Crippen LogP contribution >= 0.6 is 0 Å². The molecule has 0 aliphatic heterocycles. The van der Waals surface area contributed by atoms with Gasteiger partial charge in [-0.05, 0) is 79.4 Å². The minimum Gasteiger partial charge on any atom is -0.393 e. The highest BCUT2D eigenvalue weighted by atomic mass is 16.3. The molecule has 0 aromatic heterocycles. The summed E-state index contributed by atoms with van der Waals surface area (Å²) in [6.07, 6.45) is 12.4. The van der Waals surface area contributed by atoms with Crippen LogP contribution in [0.1, 0.15) is 58.8 Å². The van der Waals surface area contributed by atoms with Gasteiger partial charge >= 0.3 is 0 Å². The van der Waals surface area contributed by atoms with E-state index in [2.05, 4.69) is 26.0 Å². The minimum atomic E-state index is -0.221. The van der Waals surface area contributed by atoms with Crippen LogP contribution in [-0.4, -0.2) is 22.4 Å². The van der Waals surface area contributed by atoms with E-state index >= 15 is 0 Å². The topological polar surface area (TPSA) is 40.5 Å². The van der Waals surface area contributed by atoms with Crippen molar-refractivity contribution in [3.05, 3.63) is 12.2 Å². The second-order valence-corrected chi connectivity index (χ2v) is 8.82. The molecule has 4 rings (SSSR count). The van der Waals surface area contributed by atoms with Crippen molar-refractivity contribution in [1.82, 2.24) is 0 Å². The Morgan fingerprint density at radius 2 is 1.76 bits per heavy atom. The fraction of sp³-hybridized carbons (Fsp3) is 0.895. The zero-order valence-corrected chi connectivity index (χ0v) is 13.5. The number of fused-ring (bicyclic) bond motifs is 5. The number of hydrogen-bond donors (Lipinski definition) is 2. The first-order valence-electron chi connectivity index (χ1n) is 9.00. The summed E-state index contributed by atoms with van der Waals surface area (Å²) < 4.78 is 0. The normalized spacial score (nSPS) is 59.2. The van der Waals surface area contributed by atoms with Gasteiger partial charge in [0.15, 0.2) is 0 Å². The summed E-state index contributed by atoms with van der Waals surface area (Å²) in [5, 5.41) is 20.4. The zero-order valence-electron chi connectivity index (χ0n) is 13.5. The monoisotopic (exact) mass is 290 g/mol. The molecule has 2 nitrogen and oxygen atoms in total. The van der Waals surface area contributed by atoms with Gasteiger partial charge in [-0.1, -0.05) is 26.0 Å². The third-order valence-corrected chi connectivity index (χ3v) is 8.12. The molecule has 0 aromatic rings. The molecule has 0 radical (unpaired) electrons. The van der Waals surface area contributed by atoms with Gasteiger partial charge in [0.2, 0.25) is 0 Å². The van der Waals surface area contributed by atoms with Gasteiger partial charge in [0.25, 0.3) is 0 Å². The molecular formula is C19H30O2. The van der Waals surface area contributed by atoms with Crippen molar-refractivity contribution in [2.75, 3.05) is 0 Å². The van der Waals surface area contributed by atoms with E-state index in [1.54, 1.807) is 0 Å². The number of rotatable bonds is 0. The highest BCUT2D eigenvalue weighted by molar-refractivity contribution is 5.17. The summed E-state index contributed by atoms with van der Waals surface area (Å²) in [6.45, 7) is 4.80. The Bertz CT molecular complexity index is 458. The fourth-order valence-electron chi connectivity index (χ4n) is 6.76. The first-order valence-corrected chi connectivity index (χ1v) is 9.00. The Morgan fingerprint density at radius 1 is 0.952 bits per heavy atom. The summed E-state index contributed by atoms with van der Waals surface area (Å²) in [7, 11) is 0.